The number of ether oxygens (including phenoxy) is 2. The summed E-state index contributed by atoms with van der Waals surface area (Å²) in [7, 11) is 3.08. The van der Waals surface area contributed by atoms with Crippen molar-refractivity contribution in [1.29, 1.82) is 0 Å². The van der Waals surface area contributed by atoms with Crippen LogP contribution in [0.2, 0.25) is 0 Å². The molecule has 0 spiro atoms. The quantitative estimate of drug-likeness (QED) is 0.651. The first-order valence-corrected chi connectivity index (χ1v) is 9.55. The van der Waals surface area contributed by atoms with Gasteiger partial charge in [0.1, 0.15) is 6.04 Å². The summed E-state index contributed by atoms with van der Waals surface area (Å²) in [5.74, 6) is 1.79. The normalized spacial score (nSPS) is 16.1. The Bertz CT molecular complexity index is 1010. The standard InChI is InChI=1S/C22H23N3O4/c1-14-9-11-15(12-10-14)20-23-21(29-24-20)17-7-5-13-25(17)22(26)16-6-4-8-18(27-2)19(16)28-3/h4,6,8-12,17H,5,7,13H2,1-3H3/t17-/m0/s1. The van der Waals surface area contributed by atoms with Gasteiger partial charge in [-0.15, -0.1) is 0 Å². The average Bonchev–Trinajstić information content (AvgIpc) is 3.42. The van der Waals surface area contributed by atoms with E-state index in [0.717, 1.165) is 24.0 Å². The van der Waals surface area contributed by atoms with Gasteiger partial charge in [0, 0.05) is 12.1 Å². The van der Waals surface area contributed by atoms with Gasteiger partial charge in [-0.3, -0.25) is 4.79 Å². The van der Waals surface area contributed by atoms with Crippen LogP contribution in [0, 0.1) is 6.92 Å². The van der Waals surface area contributed by atoms with Gasteiger partial charge >= 0.3 is 0 Å². The topological polar surface area (TPSA) is 77.7 Å². The molecule has 4 rings (SSSR count). The fourth-order valence-electron chi connectivity index (χ4n) is 3.67. The Kier molecular flexibility index (Phi) is 5.20. The molecule has 0 N–H and O–H groups in total. The summed E-state index contributed by atoms with van der Waals surface area (Å²) in [6, 6.07) is 13.0. The number of amides is 1. The number of aromatic nitrogens is 2. The van der Waals surface area contributed by atoms with Gasteiger partial charge in [-0.1, -0.05) is 41.1 Å². The maximum atomic E-state index is 13.3. The zero-order valence-electron chi connectivity index (χ0n) is 16.7. The second-order valence-corrected chi connectivity index (χ2v) is 7.02. The van der Waals surface area contributed by atoms with Gasteiger partial charge in [0.05, 0.1) is 19.8 Å². The number of carbonyl (C=O) groups excluding carboxylic acids is 1. The summed E-state index contributed by atoms with van der Waals surface area (Å²) < 4.78 is 16.3. The summed E-state index contributed by atoms with van der Waals surface area (Å²) in [5.41, 5.74) is 2.50. The van der Waals surface area contributed by atoms with E-state index in [4.69, 9.17) is 14.0 Å². The van der Waals surface area contributed by atoms with Crippen molar-refractivity contribution in [2.45, 2.75) is 25.8 Å². The Morgan fingerprint density at radius 2 is 1.93 bits per heavy atom. The number of aryl methyl sites for hydroxylation is 1. The predicted molar refractivity (Wildman–Crippen MR) is 107 cm³/mol. The van der Waals surface area contributed by atoms with Crippen LogP contribution in [0.15, 0.2) is 47.0 Å². The predicted octanol–water partition coefficient (Wildman–Crippen LogP) is 4.04. The van der Waals surface area contributed by atoms with E-state index in [1.54, 1.807) is 30.2 Å². The SMILES string of the molecule is COc1cccc(C(=O)N2CCC[C@H]2c2nc(-c3ccc(C)cc3)no2)c1OC. The van der Waals surface area contributed by atoms with E-state index in [0.29, 0.717) is 35.3 Å². The number of hydrogen-bond acceptors (Lipinski definition) is 6. The van der Waals surface area contributed by atoms with Crippen LogP contribution in [0.4, 0.5) is 0 Å². The highest BCUT2D eigenvalue weighted by atomic mass is 16.5. The molecular formula is C22H23N3O4. The van der Waals surface area contributed by atoms with Crippen molar-refractivity contribution < 1.29 is 18.8 Å². The highest BCUT2D eigenvalue weighted by molar-refractivity contribution is 5.98. The van der Waals surface area contributed by atoms with Crippen LogP contribution >= 0.6 is 0 Å². The molecule has 150 valence electrons. The number of nitrogens with zero attached hydrogens (tertiary/aromatic N) is 3. The van der Waals surface area contributed by atoms with Gasteiger partial charge in [0.15, 0.2) is 11.5 Å². The maximum absolute atomic E-state index is 13.3. The summed E-state index contributed by atoms with van der Waals surface area (Å²) >= 11 is 0. The van der Waals surface area contributed by atoms with Crippen LogP contribution in [-0.2, 0) is 0 Å². The number of rotatable bonds is 5. The van der Waals surface area contributed by atoms with Crippen LogP contribution in [0.3, 0.4) is 0 Å². The molecule has 1 amide bonds. The van der Waals surface area contributed by atoms with Crippen molar-refractivity contribution in [3.63, 3.8) is 0 Å². The smallest absolute Gasteiger partial charge is 0.258 e. The van der Waals surface area contributed by atoms with Crippen molar-refractivity contribution in [3.8, 4) is 22.9 Å². The Hall–Kier alpha value is -3.35. The lowest BCUT2D eigenvalue weighted by Gasteiger charge is -2.23. The molecule has 7 nitrogen and oxygen atoms in total. The molecule has 29 heavy (non-hydrogen) atoms. The molecule has 0 bridgehead atoms. The first kappa shape index (κ1) is 19.0. The highest BCUT2D eigenvalue weighted by Gasteiger charge is 2.36. The minimum atomic E-state index is -0.259. The molecule has 1 aliphatic rings. The minimum Gasteiger partial charge on any atom is -0.493 e. The molecule has 0 unspecified atom stereocenters. The van der Waals surface area contributed by atoms with Gasteiger partial charge in [0.25, 0.3) is 5.91 Å². The molecule has 1 fully saturated rings. The highest BCUT2D eigenvalue weighted by Crippen LogP contribution is 2.37. The molecule has 2 heterocycles. The van der Waals surface area contributed by atoms with Crippen molar-refractivity contribution in [3.05, 3.63) is 59.5 Å². The van der Waals surface area contributed by atoms with E-state index in [9.17, 15) is 4.79 Å². The molecule has 1 aliphatic heterocycles. The fourth-order valence-corrected chi connectivity index (χ4v) is 3.67. The largest absolute Gasteiger partial charge is 0.493 e. The molecule has 1 atom stereocenters. The number of carbonyl (C=O) groups is 1. The molecule has 3 aromatic rings. The second kappa shape index (κ2) is 7.95. The monoisotopic (exact) mass is 393 g/mol. The molecule has 1 aromatic heterocycles. The first-order chi connectivity index (χ1) is 14.1. The Balaban J connectivity index is 1.62. The fraction of sp³-hybridized carbons (Fsp3) is 0.318. The van der Waals surface area contributed by atoms with E-state index < -0.39 is 0 Å². The molecule has 1 saturated heterocycles. The van der Waals surface area contributed by atoms with Crippen molar-refractivity contribution in [2.75, 3.05) is 20.8 Å². The first-order valence-electron chi connectivity index (χ1n) is 9.55. The van der Waals surface area contributed by atoms with Gasteiger partial charge < -0.3 is 18.9 Å². The van der Waals surface area contributed by atoms with Crippen LogP contribution in [0.25, 0.3) is 11.4 Å². The minimum absolute atomic E-state index is 0.140. The van der Waals surface area contributed by atoms with E-state index >= 15 is 0 Å². The summed E-state index contributed by atoms with van der Waals surface area (Å²) in [5, 5.41) is 4.12. The zero-order valence-corrected chi connectivity index (χ0v) is 16.7. The van der Waals surface area contributed by atoms with Crippen LogP contribution < -0.4 is 9.47 Å². The van der Waals surface area contributed by atoms with Gasteiger partial charge in [0.2, 0.25) is 11.7 Å². The molecular weight excluding hydrogens is 370 g/mol. The van der Waals surface area contributed by atoms with Crippen LogP contribution in [0.5, 0.6) is 11.5 Å². The van der Waals surface area contributed by atoms with Crippen molar-refractivity contribution in [1.82, 2.24) is 15.0 Å². The average molecular weight is 393 g/mol. The lowest BCUT2D eigenvalue weighted by Crippen LogP contribution is -2.31. The number of para-hydroxylation sites is 1. The van der Waals surface area contributed by atoms with Crippen LogP contribution in [-0.4, -0.2) is 41.7 Å². The van der Waals surface area contributed by atoms with Crippen molar-refractivity contribution in [2.24, 2.45) is 0 Å². The molecule has 0 aliphatic carbocycles. The van der Waals surface area contributed by atoms with Crippen molar-refractivity contribution >= 4 is 5.91 Å². The van der Waals surface area contributed by atoms with E-state index in [1.165, 1.54) is 7.11 Å². The maximum Gasteiger partial charge on any atom is 0.258 e. The van der Waals surface area contributed by atoms with Gasteiger partial charge in [-0.2, -0.15) is 4.98 Å². The lowest BCUT2D eigenvalue weighted by atomic mass is 10.1. The summed E-state index contributed by atoms with van der Waals surface area (Å²) in [6.07, 6.45) is 1.64. The number of benzene rings is 2. The van der Waals surface area contributed by atoms with E-state index in [2.05, 4.69) is 10.1 Å². The zero-order chi connectivity index (χ0) is 20.4. The van der Waals surface area contributed by atoms with Gasteiger partial charge in [-0.05, 0) is 31.9 Å². The number of hydrogen-bond donors (Lipinski definition) is 0. The van der Waals surface area contributed by atoms with E-state index in [-0.39, 0.29) is 11.9 Å². The lowest BCUT2D eigenvalue weighted by molar-refractivity contribution is 0.0706. The second-order valence-electron chi connectivity index (χ2n) is 7.02. The van der Waals surface area contributed by atoms with E-state index in [1.807, 2.05) is 31.2 Å². The third kappa shape index (κ3) is 3.55. The number of methoxy groups -OCH3 is 2. The van der Waals surface area contributed by atoms with Crippen LogP contribution in [0.1, 0.15) is 40.7 Å². The number of likely N-dealkylation sites (tertiary alicyclic amines) is 1. The Morgan fingerprint density at radius 3 is 2.66 bits per heavy atom. The van der Waals surface area contributed by atoms with Gasteiger partial charge in [-0.25, -0.2) is 0 Å². The Morgan fingerprint density at radius 1 is 1.14 bits per heavy atom. The third-order valence-corrected chi connectivity index (χ3v) is 5.18. The summed E-state index contributed by atoms with van der Waals surface area (Å²) in [6.45, 7) is 2.65. The molecule has 7 heteroatoms. The summed E-state index contributed by atoms with van der Waals surface area (Å²) in [4.78, 5) is 19.6. The third-order valence-electron chi connectivity index (χ3n) is 5.18. The molecule has 0 saturated carbocycles. The Labute approximate surface area is 169 Å². The molecule has 0 radical (unpaired) electrons. The molecule has 2 aromatic carbocycles.